The van der Waals surface area contributed by atoms with Crippen LogP contribution >= 0.6 is 0 Å². The summed E-state index contributed by atoms with van der Waals surface area (Å²) in [4.78, 5) is 12.7. The van der Waals surface area contributed by atoms with E-state index >= 15 is 4.39 Å². The number of methoxy groups -OCH3 is 3. The normalized spacial score (nSPS) is 20.1. The Labute approximate surface area is 254 Å². The van der Waals surface area contributed by atoms with Gasteiger partial charge in [0.1, 0.15) is 17.1 Å². The molecule has 228 valence electrons. The van der Waals surface area contributed by atoms with Crippen molar-refractivity contribution >= 4 is 17.1 Å². The smallest absolute Gasteiger partial charge is 0.246 e. The van der Waals surface area contributed by atoms with E-state index in [1.165, 1.54) is 24.9 Å². The molecular formula is C33H34FN5O5. The van der Waals surface area contributed by atoms with Crippen LogP contribution in [0.2, 0.25) is 0 Å². The molecule has 0 spiro atoms. The lowest BCUT2D eigenvalue weighted by molar-refractivity contribution is -0.0888. The Bertz CT molecular complexity index is 1680. The van der Waals surface area contributed by atoms with Crippen LogP contribution in [0, 0.1) is 0 Å². The molecular weight excluding hydrogens is 565 g/mol. The molecule has 0 saturated carbocycles. The first-order valence-corrected chi connectivity index (χ1v) is 14.2. The topological polar surface area (TPSA) is 116 Å². The highest BCUT2D eigenvalue weighted by Crippen LogP contribution is 2.46. The number of halogens is 1. The summed E-state index contributed by atoms with van der Waals surface area (Å²) in [5.41, 5.74) is 6.38. The molecule has 2 unspecified atom stereocenters. The number of nitrogen functional groups attached to an aromatic ring is 1. The summed E-state index contributed by atoms with van der Waals surface area (Å²) in [6, 6.07) is 25.4. The SMILES string of the molecule is COc1ccc(C(OCC2C[C@@](C)(F)C(n3cnc4c(OC)nc(N)nc43)O2)(c2ccccc2)c2ccc(OC)cc2)cc1. The van der Waals surface area contributed by atoms with Gasteiger partial charge in [0.15, 0.2) is 23.1 Å². The first-order valence-electron chi connectivity index (χ1n) is 14.2. The van der Waals surface area contributed by atoms with Crippen molar-refractivity contribution in [3.05, 3.63) is 102 Å². The van der Waals surface area contributed by atoms with Crippen LogP contribution in [0.5, 0.6) is 17.4 Å². The number of ether oxygens (including phenoxy) is 5. The lowest BCUT2D eigenvalue weighted by Crippen LogP contribution is -2.36. The standard InChI is InChI=1S/C33H34FN5O5/c1-32(34)18-26(44-30(32)39-20-36-27-28(39)37-31(35)38-29(27)42-4)19-43-33(21-8-6-5-7-9-21,22-10-14-24(40-2)15-11-22)23-12-16-25(41-3)17-13-23/h5-17,20,26,30H,18-19H2,1-4H3,(H2,35,37,38)/t26?,30?,32-/m1/s1. The van der Waals surface area contributed by atoms with Gasteiger partial charge >= 0.3 is 0 Å². The van der Waals surface area contributed by atoms with Crippen LogP contribution in [-0.2, 0) is 15.1 Å². The van der Waals surface area contributed by atoms with Gasteiger partial charge in [-0.1, -0.05) is 54.6 Å². The summed E-state index contributed by atoms with van der Waals surface area (Å²) in [6.07, 6.45) is -0.0949. The average molecular weight is 600 g/mol. The lowest BCUT2D eigenvalue weighted by atomic mass is 9.80. The molecule has 0 aliphatic carbocycles. The van der Waals surface area contributed by atoms with E-state index in [-0.39, 0.29) is 24.9 Å². The van der Waals surface area contributed by atoms with Gasteiger partial charge in [0.2, 0.25) is 11.8 Å². The zero-order valence-electron chi connectivity index (χ0n) is 24.9. The average Bonchev–Trinajstić information content (AvgIpc) is 3.60. The fraction of sp³-hybridized carbons (Fsp3) is 0.303. The molecule has 2 aromatic heterocycles. The number of hydrogen-bond acceptors (Lipinski definition) is 9. The van der Waals surface area contributed by atoms with Gasteiger partial charge in [0.25, 0.3) is 0 Å². The highest BCUT2D eigenvalue weighted by Gasteiger charge is 2.49. The fourth-order valence-corrected chi connectivity index (χ4v) is 5.88. The van der Waals surface area contributed by atoms with E-state index in [2.05, 4.69) is 15.0 Å². The van der Waals surface area contributed by atoms with Gasteiger partial charge in [-0.15, -0.1) is 0 Å². The number of aromatic nitrogens is 4. The molecule has 0 radical (unpaired) electrons. The van der Waals surface area contributed by atoms with E-state index < -0.39 is 23.6 Å². The van der Waals surface area contributed by atoms with Crippen molar-refractivity contribution in [3.63, 3.8) is 0 Å². The van der Waals surface area contributed by atoms with E-state index in [4.69, 9.17) is 29.4 Å². The van der Waals surface area contributed by atoms with Crippen LogP contribution in [0.3, 0.4) is 0 Å². The summed E-state index contributed by atoms with van der Waals surface area (Å²) in [6.45, 7) is 1.58. The maximum atomic E-state index is 16.3. The second kappa shape index (κ2) is 11.7. The Hall–Kier alpha value is -4.74. The van der Waals surface area contributed by atoms with Gasteiger partial charge in [0.05, 0.1) is 40.4 Å². The van der Waals surface area contributed by atoms with E-state index in [1.807, 2.05) is 78.9 Å². The summed E-state index contributed by atoms with van der Waals surface area (Å²) >= 11 is 0. The summed E-state index contributed by atoms with van der Waals surface area (Å²) in [7, 11) is 4.71. The van der Waals surface area contributed by atoms with E-state index in [0.29, 0.717) is 22.7 Å². The maximum absolute atomic E-state index is 16.3. The number of imidazole rings is 1. The second-order valence-corrected chi connectivity index (χ2v) is 10.8. The van der Waals surface area contributed by atoms with Crippen molar-refractivity contribution < 1.29 is 28.1 Å². The highest BCUT2D eigenvalue weighted by molar-refractivity contribution is 5.77. The minimum Gasteiger partial charge on any atom is -0.497 e. The number of benzene rings is 3. The third-order valence-corrected chi connectivity index (χ3v) is 7.97. The first kappa shape index (κ1) is 29.3. The Morgan fingerprint density at radius 2 is 1.48 bits per heavy atom. The van der Waals surface area contributed by atoms with Gasteiger partial charge in [-0.2, -0.15) is 9.97 Å². The Kier molecular flexibility index (Phi) is 7.83. The molecule has 2 N–H and O–H groups in total. The molecule has 6 rings (SSSR count). The van der Waals surface area contributed by atoms with Crippen LogP contribution < -0.4 is 19.9 Å². The number of anilines is 1. The number of nitrogens with zero attached hydrogens (tertiary/aromatic N) is 4. The molecule has 1 aliphatic rings. The van der Waals surface area contributed by atoms with E-state index in [9.17, 15) is 0 Å². The third kappa shape index (κ3) is 5.18. The van der Waals surface area contributed by atoms with Crippen molar-refractivity contribution in [2.75, 3.05) is 33.7 Å². The number of fused-ring (bicyclic) bond motifs is 1. The van der Waals surface area contributed by atoms with Gasteiger partial charge in [-0.25, -0.2) is 9.37 Å². The lowest BCUT2D eigenvalue weighted by Gasteiger charge is -2.37. The van der Waals surface area contributed by atoms with Crippen LogP contribution in [-0.4, -0.2) is 59.2 Å². The van der Waals surface area contributed by atoms with Crippen LogP contribution in [0.4, 0.5) is 10.3 Å². The molecule has 1 fully saturated rings. The molecule has 0 amide bonds. The molecule has 10 nitrogen and oxygen atoms in total. The molecule has 44 heavy (non-hydrogen) atoms. The van der Waals surface area contributed by atoms with E-state index in [1.54, 1.807) is 14.2 Å². The molecule has 5 aromatic rings. The largest absolute Gasteiger partial charge is 0.497 e. The number of alkyl halides is 1. The number of nitrogens with two attached hydrogens (primary N) is 1. The van der Waals surface area contributed by atoms with Crippen molar-refractivity contribution in [3.8, 4) is 17.4 Å². The number of rotatable bonds is 10. The molecule has 3 atom stereocenters. The minimum absolute atomic E-state index is 0.0128. The molecule has 1 saturated heterocycles. The molecule has 3 heterocycles. The Morgan fingerprint density at radius 1 is 0.886 bits per heavy atom. The zero-order valence-corrected chi connectivity index (χ0v) is 24.9. The highest BCUT2D eigenvalue weighted by atomic mass is 19.1. The maximum Gasteiger partial charge on any atom is 0.246 e. The summed E-state index contributed by atoms with van der Waals surface area (Å²) < 4.78 is 47.3. The number of hydrogen-bond donors (Lipinski definition) is 1. The van der Waals surface area contributed by atoms with Crippen molar-refractivity contribution in [1.29, 1.82) is 0 Å². The molecule has 3 aromatic carbocycles. The monoisotopic (exact) mass is 599 g/mol. The molecule has 11 heteroatoms. The third-order valence-electron chi connectivity index (χ3n) is 7.97. The predicted octanol–water partition coefficient (Wildman–Crippen LogP) is 5.46. The van der Waals surface area contributed by atoms with Gasteiger partial charge in [-0.3, -0.25) is 4.57 Å². The van der Waals surface area contributed by atoms with Crippen molar-refractivity contribution in [2.45, 2.75) is 36.9 Å². The molecule has 0 bridgehead atoms. The fourth-order valence-electron chi connectivity index (χ4n) is 5.88. The van der Waals surface area contributed by atoms with Crippen molar-refractivity contribution in [2.24, 2.45) is 0 Å². The Morgan fingerprint density at radius 3 is 2.05 bits per heavy atom. The summed E-state index contributed by atoms with van der Waals surface area (Å²) in [5, 5.41) is 0. The Balaban J connectivity index is 1.38. The van der Waals surface area contributed by atoms with Crippen LogP contribution in [0.15, 0.2) is 85.2 Å². The molecule has 1 aliphatic heterocycles. The van der Waals surface area contributed by atoms with Gasteiger partial charge < -0.3 is 29.4 Å². The summed E-state index contributed by atoms with van der Waals surface area (Å²) in [5.74, 6) is 1.63. The predicted molar refractivity (Wildman–Crippen MR) is 163 cm³/mol. The zero-order chi connectivity index (χ0) is 30.9. The first-order chi connectivity index (χ1) is 21.3. The van der Waals surface area contributed by atoms with Crippen LogP contribution in [0.25, 0.3) is 11.2 Å². The van der Waals surface area contributed by atoms with E-state index in [0.717, 1.165) is 16.7 Å². The van der Waals surface area contributed by atoms with Crippen molar-refractivity contribution in [1.82, 2.24) is 19.5 Å². The second-order valence-electron chi connectivity index (χ2n) is 10.8. The quantitative estimate of drug-likeness (QED) is 0.209. The van der Waals surface area contributed by atoms with Crippen LogP contribution in [0.1, 0.15) is 36.3 Å². The van der Waals surface area contributed by atoms with Gasteiger partial charge in [0, 0.05) is 6.42 Å². The van der Waals surface area contributed by atoms with Gasteiger partial charge in [-0.05, 0) is 47.9 Å². The minimum atomic E-state index is -1.77.